The van der Waals surface area contributed by atoms with Crippen molar-refractivity contribution in [3.63, 3.8) is 0 Å². The van der Waals surface area contributed by atoms with Crippen molar-refractivity contribution in [1.82, 2.24) is 5.32 Å². The second-order valence-electron chi connectivity index (χ2n) is 2.80. The Balaban J connectivity index is 2.44. The van der Waals surface area contributed by atoms with Crippen LogP contribution in [-0.4, -0.2) is 12.4 Å². The van der Waals surface area contributed by atoms with Crippen molar-refractivity contribution in [3.8, 4) is 0 Å². The number of hydrogen-bond donors (Lipinski definition) is 1. The lowest BCUT2D eigenvalue weighted by Crippen LogP contribution is -2.18. The number of rotatable bonds is 2. The van der Waals surface area contributed by atoms with Gasteiger partial charge in [0.15, 0.2) is 0 Å². The van der Waals surface area contributed by atoms with Crippen LogP contribution in [0.1, 0.15) is 22.1 Å². The summed E-state index contributed by atoms with van der Waals surface area (Å²) in [5.41, 5.74) is 1.17. The maximum atomic E-state index is 11.3. The van der Waals surface area contributed by atoms with Gasteiger partial charge in [0.25, 0.3) is 0 Å². The summed E-state index contributed by atoms with van der Waals surface area (Å²) in [5.74, 6) is -0.416. The average Bonchev–Trinajstić information content (AvgIpc) is 2.44. The van der Waals surface area contributed by atoms with Gasteiger partial charge in [0.2, 0.25) is 12.6 Å². The summed E-state index contributed by atoms with van der Waals surface area (Å²) in [5, 5.41) is 2.41. The first kappa shape index (κ1) is 9.21. The lowest BCUT2D eigenvalue weighted by Gasteiger charge is -2.07. The van der Waals surface area contributed by atoms with E-state index in [0.717, 1.165) is 4.47 Å². The predicted molar refractivity (Wildman–Crippen MR) is 51.5 cm³/mol. The van der Waals surface area contributed by atoms with Gasteiger partial charge in [0.05, 0.1) is 5.56 Å². The van der Waals surface area contributed by atoms with Crippen LogP contribution < -0.4 is 5.32 Å². The summed E-state index contributed by atoms with van der Waals surface area (Å²) in [7, 11) is 0. The minimum Gasteiger partial charge on any atom is -0.434 e. The summed E-state index contributed by atoms with van der Waals surface area (Å²) >= 11 is 3.25. The number of esters is 1. The molecular weight excluding hydrogens is 250 g/mol. The third-order valence-corrected chi connectivity index (χ3v) is 2.46. The molecule has 0 spiro atoms. The van der Waals surface area contributed by atoms with Crippen molar-refractivity contribution in [3.05, 3.63) is 33.8 Å². The molecule has 1 aromatic carbocycles. The number of nitrogens with one attached hydrogen (secondary N) is 1. The Kier molecular flexibility index (Phi) is 2.25. The Morgan fingerprint density at radius 2 is 2.29 bits per heavy atom. The SMILES string of the molecule is O=CNC1OC(=O)c2cc(Br)ccc21. The van der Waals surface area contributed by atoms with E-state index in [0.29, 0.717) is 17.5 Å². The first-order valence-electron chi connectivity index (χ1n) is 3.92. The number of halogens is 1. The van der Waals surface area contributed by atoms with Crippen LogP contribution in [0.2, 0.25) is 0 Å². The van der Waals surface area contributed by atoms with Gasteiger partial charge in [0, 0.05) is 10.0 Å². The van der Waals surface area contributed by atoms with Crippen molar-refractivity contribution in [2.75, 3.05) is 0 Å². The molecule has 5 heteroatoms. The molecule has 0 aliphatic carbocycles. The molecule has 1 N–H and O–H groups in total. The number of fused-ring (bicyclic) bond motifs is 1. The van der Waals surface area contributed by atoms with Gasteiger partial charge in [-0.25, -0.2) is 4.79 Å². The van der Waals surface area contributed by atoms with Crippen molar-refractivity contribution < 1.29 is 14.3 Å². The average molecular weight is 256 g/mol. The van der Waals surface area contributed by atoms with Crippen LogP contribution in [0.25, 0.3) is 0 Å². The minimum absolute atomic E-state index is 0.416. The number of carbonyl (C=O) groups excluding carboxylic acids is 2. The molecule has 0 radical (unpaired) electrons. The maximum absolute atomic E-state index is 11.3. The lowest BCUT2D eigenvalue weighted by molar-refractivity contribution is -0.112. The Bertz CT molecular complexity index is 405. The topological polar surface area (TPSA) is 55.4 Å². The molecule has 0 saturated carbocycles. The predicted octanol–water partition coefficient (Wildman–Crippen LogP) is 1.36. The molecule has 0 saturated heterocycles. The van der Waals surface area contributed by atoms with E-state index in [2.05, 4.69) is 21.2 Å². The summed E-state index contributed by atoms with van der Waals surface area (Å²) in [4.78, 5) is 21.5. The summed E-state index contributed by atoms with van der Waals surface area (Å²) in [6.07, 6.45) is -0.141. The largest absolute Gasteiger partial charge is 0.434 e. The van der Waals surface area contributed by atoms with Crippen LogP contribution in [0.3, 0.4) is 0 Å². The normalized spacial score (nSPS) is 18.6. The Morgan fingerprint density at radius 3 is 3.00 bits per heavy atom. The van der Waals surface area contributed by atoms with Crippen molar-refractivity contribution in [1.29, 1.82) is 0 Å². The van der Waals surface area contributed by atoms with Crippen LogP contribution in [-0.2, 0) is 9.53 Å². The van der Waals surface area contributed by atoms with Crippen LogP contribution in [0.4, 0.5) is 0 Å². The lowest BCUT2D eigenvalue weighted by atomic mass is 10.1. The number of hydrogen-bond acceptors (Lipinski definition) is 3. The highest BCUT2D eigenvalue weighted by Gasteiger charge is 2.30. The zero-order chi connectivity index (χ0) is 10.1. The molecule has 1 atom stereocenters. The van der Waals surface area contributed by atoms with Gasteiger partial charge < -0.3 is 10.1 Å². The van der Waals surface area contributed by atoms with Crippen LogP contribution in [0.15, 0.2) is 22.7 Å². The number of carbonyl (C=O) groups is 2. The van der Waals surface area contributed by atoms with Crippen molar-refractivity contribution in [2.24, 2.45) is 0 Å². The van der Waals surface area contributed by atoms with Gasteiger partial charge in [-0.05, 0) is 12.1 Å². The van der Waals surface area contributed by atoms with Crippen LogP contribution in [0, 0.1) is 0 Å². The first-order chi connectivity index (χ1) is 6.72. The Hall–Kier alpha value is -1.36. The van der Waals surface area contributed by atoms with E-state index in [1.54, 1.807) is 18.2 Å². The molecule has 72 valence electrons. The smallest absolute Gasteiger partial charge is 0.340 e. The molecule has 2 rings (SSSR count). The standard InChI is InChI=1S/C9H6BrNO3/c10-5-1-2-6-7(3-5)9(13)14-8(6)11-4-12/h1-4,8H,(H,11,12). The van der Waals surface area contributed by atoms with Gasteiger partial charge in [-0.2, -0.15) is 0 Å². The van der Waals surface area contributed by atoms with Crippen LogP contribution in [0.5, 0.6) is 0 Å². The molecular formula is C9H6BrNO3. The zero-order valence-electron chi connectivity index (χ0n) is 6.99. The minimum atomic E-state index is -0.650. The van der Waals surface area contributed by atoms with E-state index in [4.69, 9.17) is 4.74 Å². The molecule has 1 amide bonds. The van der Waals surface area contributed by atoms with E-state index in [9.17, 15) is 9.59 Å². The highest BCUT2D eigenvalue weighted by atomic mass is 79.9. The Labute approximate surface area is 88.4 Å². The highest BCUT2D eigenvalue weighted by Crippen LogP contribution is 2.30. The number of cyclic esters (lactones) is 1. The van der Waals surface area contributed by atoms with Gasteiger partial charge >= 0.3 is 5.97 Å². The molecule has 1 unspecified atom stereocenters. The molecule has 0 aromatic heterocycles. The first-order valence-corrected chi connectivity index (χ1v) is 4.72. The summed E-state index contributed by atoms with van der Waals surface area (Å²) in [6.45, 7) is 0. The van der Waals surface area contributed by atoms with Gasteiger partial charge in [-0.15, -0.1) is 0 Å². The molecule has 1 heterocycles. The summed E-state index contributed by atoms with van der Waals surface area (Å²) in [6, 6.07) is 5.20. The van der Waals surface area contributed by atoms with Crippen molar-refractivity contribution in [2.45, 2.75) is 6.23 Å². The molecule has 14 heavy (non-hydrogen) atoms. The van der Waals surface area contributed by atoms with E-state index < -0.39 is 12.2 Å². The fourth-order valence-corrected chi connectivity index (χ4v) is 1.71. The van der Waals surface area contributed by atoms with E-state index >= 15 is 0 Å². The van der Waals surface area contributed by atoms with E-state index in [-0.39, 0.29) is 0 Å². The third-order valence-electron chi connectivity index (χ3n) is 1.96. The quantitative estimate of drug-likeness (QED) is 0.642. The second kappa shape index (κ2) is 3.42. The molecule has 4 nitrogen and oxygen atoms in total. The number of benzene rings is 1. The molecule has 1 aliphatic rings. The Morgan fingerprint density at radius 1 is 1.50 bits per heavy atom. The zero-order valence-corrected chi connectivity index (χ0v) is 8.58. The van der Waals surface area contributed by atoms with E-state index in [1.165, 1.54) is 0 Å². The fourth-order valence-electron chi connectivity index (χ4n) is 1.35. The van der Waals surface area contributed by atoms with Gasteiger partial charge in [-0.1, -0.05) is 22.0 Å². The maximum Gasteiger partial charge on any atom is 0.340 e. The van der Waals surface area contributed by atoms with Crippen LogP contribution >= 0.6 is 15.9 Å². The van der Waals surface area contributed by atoms with Gasteiger partial charge in [-0.3, -0.25) is 4.79 Å². The third kappa shape index (κ3) is 1.39. The number of amides is 1. The van der Waals surface area contributed by atoms with Crippen molar-refractivity contribution >= 4 is 28.3 Å². The second-order valence-corrected chi connectivity index (χ2v) is 3.72. The number of ether oxygens (including phenoxy) is 1. The monoisotopic (exact) mass is 255 g/mol. The fraction of sp³-hybridized carbons (Fsp3) is 0.111. The highest BCUT2D eigenvalue weighted by molar-refractivity contribution is 9.10. The molecule has 1 aromatic rings. The molecule has 1 aliphatic heterocycles. The molecule has 0 bridgehead atoms. The summed E-state index contributed by atoms with van der Waals surface area (Å²) < 4.78 is 5.73. The van der Waals surface area contributed by atoms with Gasteiger partial charge in [0.1, 0.15) is 0 Å². The van der Waals surface area contributed by atoms with E-state index in [1.807, 2.05) is 0 Å². The molecule has 0 fully saturated rings.